The fourth-order valence-corrected chi connectivity index (χ4v) is 2.50. The molecule has 20 heavy (non-hydrogen) atoms. The summed E-state index contributed by atoms with van der Waals surface area (Å²) < 4.78 is 5.46. The molecule has 2 aliphatic rings. The van der Waals surface area contributed by atoms with Crippen LogP contribution in [-0.4, -0.2) is 31.2 Å². The smallest absolute Gasteiger partial charge is 0.251 e. The summed E-state index contributed by atoms with van der Waals surface area (Å²) in [5.74, 6) is 0.0434. The first-order valence-corrected chi connectivity index (χ1v) is 7.56. The molecule has 1 heterocycles. The number of benzene rings is 1. The van der Waals surface area contributed by atoms with Crippen molar-refractivity contribution in [3.05, 3.63) is 29.8 Å². The minimum absolute atomic E-state index is 0.0434. The van der Waals surface area contributed by atoms with Crippen molar-refractivity contribution >= 4 is 11.6 Å². The number of nitrogens with one attached hydrogen (secondary N) is 2. The van der Waals surface area contributed by atoms with E-state index >= 15 is 0 Å². The van der Waals surface area contributed by atoms with Gasteiger partial charge in [-0.05, 0) is 56.4 Å². The van der Waals surface area contributed by atoms with Crippen LogP contribution in [0.2, 0.25) is 0 Å². The van der Waals surface area contributed by atoms with E-state index in [0.717, 1.165) is 56.6 Å². The molecule has 2 fully saturated rings. The van der Waals surface area contributed by atoms with Crippen molar-refractivity contribution in [1.82, 2.24) is 5.32 Å². The van der Waals surface area contributed by atoms with Gasteiger partial charge in [-0.25, -0.2) is 0 Å². The van der Waals surface area contributed by atoms with Gasteiger partial charge in [0.2, 0.25) is 0 Å². The van der Waals surface area contributed by atoms with Gasteiger partial charge in [0, 0.05) is 36.5 Å². The Morgan fingerprint density at radius 3 is 2.55 bits per heavy atom. The van der Waals surface area contributed by atoms with Gasteiger partial charge in [-0.2, -0.15) is 0 Å². The first-order chi connectivity index (χ1) is 9.81. The monoisotopic (exact) mass is 274 g/mol. The summed E-state index contributed by atoms with van der Waals surface area (Å²) in [6.07, 6.45) is 5.54. The van der Waals surface area contributed by atoms with Gasteiger partial charge in [0.25, 0.3) is 5.91 Å². The Morgan fingerprint density at radius 2 is 1.80 bits per heavy atom. The third kappa shape index (κ3) is 3.73. The van der Waals surface area contributed by atoms with E-state index < -0.39 is 0 Å². The first-order valence-electron chi connectivity index (χ1n) is 7.56. The molecule has 1 aliphatic carbocycles. The molecule has 1 atom stereocenters. The van der Waals surface area contributed by atoms with Gasteiger partial charge in [0.15, 0.2) is 0 Å². The van der Waals surface area contributed by atoms with Crippen LogP contribution in [0.15, 0.2) is 24.3 Å². The van der Waals surface area contributed by atoms with Gasteiger partial charge < -0.3 is 15.4 Å². The van der Waals surface area contributed by atoms with E-state index in [0.29, 0.717) is 12.1 Å². The maximum absolute atomic E-state index is 11.9. The van der Waals surface area contributed by atoms with Crippen molar-refractivity contribution < 1.29 is 9.53 Å². The summed E-state index contributed by atoms with van der Waals surface area (Å²) in [5.41, 5.74) is 1.83. The lowest BCUT2D eigenvalue weighted by Crippen LogP contribution is -2.25. The minimum atomic E-state index is 0.0434. The topological polar surface area (TPSA) is 50.4 Å². The molecule has 0 spiro atoms. The lowest BCUT2D eigenvalue weighted by atomic mass is 10.1. The minimum Gasteiger partial charge on any atom is -0.382 e. The summed E-state index contributed by atoms with van der Waals surface area (Å²) in [6.45, 7) is 1.71. The van der Waals surface area contributed by atoms with Crippen molar-refractivity contribution in [2.75, 3.05) is 18.5 Å². The van der Waals surface area contributed by atoms with Crippen molar-refractivity contribution in [3.8, 4) is 0 Å². The maximum atomic E-state index is 11.9. The van der Waals surface area contributed by atoms with Gasteiger partial charge >= 0.3 is 0 Å². The Balaban J connectivity index is 1.55. The number of anilines is 1. The van der Waals surface area contributed by atoms with Crippen molar-refractivity contribution in [1.29, 1.82) is 0 Å². The zero-order valence-electron chi connectivity index (χ0n) is 11.7. The zero-order valence-corrected chi connectivity index (χ0v) is 11.7. The van der Waals surface area contributed by atoms with Crippen LogP contribution in [0.5, 0.6) is 0 Å². The summed E-state index contributed by atoms with van der Waals surface area (Å²) in [4.78, 5) is 11.9. The van der Waals surface area contributed by atoms with Crippen LogP contribution in [0.1, 0.15) is 42.5 Å². The fourth-order valence-electron chi connectivity index (χ4n) is 2.50. The van der Waals surface area contributed by atoms with Crippen LogP contribution in [0.25, 0.3) is 0 Å². The second kappa shape index (κ2) is 6.27. The fraction of sp³-hybridized carbons (Fsp3) is 0.562. The number of ether oxygens (including phenoxy) is 1. The molecule has 1 saturated carbocycles. The van der Waals surface area contributed by atoms with Crippen molar-refractivity contribution in [2.45, 2.75) is 44.2 Å². The highest BCUT2D eigenvalue weighted by Crippen LogP contribution is 2.20. The molecule has 0 bridgehead atoms. The van der Waals surface area contributed by atoms with Gasteiger partial charge in [-0.15, -0.1) is 0 Å². The molecule has 0 aromatic heterocycles. The van der Waals surface area contributed by atoms with E-state index in [1.54, 1.807) is 0 Å². The average molecular weight is 274 g/mol. The Hall–Kier alpha value is -1.55. The standard InChI is InChI=1S/C16H22N2O2/c19-16(18-15-7-8-15)12-3-5-14(6-4-12)17-13-2-1-10-20-11-9-13/h3-6,13,15,17H,1-2,7-11H2,(H,18,19). The second-order valence-corrected chi connectivity index (χ2v) is 5.71. The molecule has 4 nitrogen and oxygen atoms in total. The number of carbonyl (C=O) groups excluding carboxylic acids is 1. The van der Waals surface area contributed by atoms with Crippen molar-refractivity contribution in [3.63, 3.8) is 0 Å². The predicted octanol–water partition coefficient (Wildman–Crippen LogP) is 2.56. The lowest BCUT2D eigenvalue weighted by molar-refractivity contribution is 0.0951. The van der Waals surface area contributed by atoms with Gasteiger partial charge in [-0.3, -0.25) is 4.79 Å². The third-order valence-electron chi connectivity index (χ3n) is 3.88. The molecule has 1 unspecified atom stereocenters. The average Bonchev–Trinajstić information content (AvgIpc) is 3.27. The van der Waals surface area contributed by atoms with Crippen LogP contribution >= 0.6 is 0 Å². The predicted molar refractivity (Wildman–Crippen MR) is 79.0 cm³/mol. The van der Waals surface area contributed by atoms with Crippen LogP contribution in [-0.2, 0) is 4.74 Å². The highest BCUT2D eigenvalue weighted by Gasteiger charge is 2.23. The highest BCUT2D eigenvalue weighted by molar-refractivity contribution is 5.94. The normalized spacial score (nSPS) is 22.9. The molecule has 4 heteroatoms. The molecule has 0 radical (unpaired) electrons. The largest absolute Gasteiger partial charge is 0.382 e. The van der Waals surface area contributed by atoms with Gasteiger partial charge in [-0.1, -0.05) is 0 Å². The molecule has 2 N–H and O–H groups in total. The van der Waals surface area contributed by atoms with Gasteiger partial charge in [0.05, 0.1) is 0 Å². The van der Waals surface area contributed by atoms with Crippen LogP contribution < -0.4 is 10.6 Å². The van der Waals surface area contributed by atoms with E-state index in [-0.39, 0.29) is 5.91 Å². The third-order valence-corrected chi connectivity index (χ3v) is 3.88. The molecule has 1 saturated heterocycles. The summed E-state index contributed by atoms with van der Waals surface area (Å²) in [6, 6.07) is 8.66. The van der Waals surface area contributed by atoms with E-state index in [1.165, 1.54) is 0 Å². The van der Waals surface area contributed by atoms with Crippen LogP contribution in [0.4, 0.5) is 5.69 Å². The lowest BCUT2D eigenvalue weighted by Gasteiger charge is -2.17. The summed E-state index contributed by atoms with van der Waals surface area (Å²) >= 11 is 0. The van der Waals surface area contributed by atoms with E-state index in [1.807, 2.05) is 24.3 Å². The number of hydrogen-bond donors (Lipinski definition) is 2. The van der Waals surface area contributed by atoms with Crippen molar-refractivity contribution in [2.24, 2.45) is 0 Å². The Morgan fingerprint density at radius 1 is 1.00 bits per heavy atom. The van der Waals surface area contributed by atoms with E-state index in [9.17, 15) is 4.79 Å². The van der Waals surface area contributed by atoms with Gasteiger partial charge in [0.1, 0.15) is 0 Å². The summed E-state index contributed by atoms with van der Waals surface area (Å²) in [7, 11) is 0. The molecular weight excluding hydrogens is 252 g/mol. The Kier molecular flexibility index (Phi) is 4.21. The molecule has 1 amide bonds. The van der Waals surface area contributed by atoms with E-state index in [2.05, 4.69) is 10.6 Å². The molecule has 1 aromatic carbocycles. The number of rotatable bonds is 4. The van der Waals surface area contributed by atoms with E-state index in [4.69, 9.17) is 4.74 Å². The van der Waals surface area contributed by atoms with Crippen LogP contribution in [0, 0.1) is 0 Å². The Labute approximate surface area is 119 Å². The SMILES string of the molecule is O=C(NC1CC1)c1ccc(NC2CCCOCC2)cc1. The molecule has 3 rings (SSSR count). The number of hydrogen-bond acceptors (Lipinski definition) is 3. The first kappa shape index (κ1) is 13.4. The highest BCUT2D eigenvalue weighted by atomic mass is 16.5. The molecule has 108 valence electrons. The molecular formula is C16H22N2O2. The number of carbonyl (C=O) groups is 1. The Bertz CT molecular complexity index is 446. The second-order valence-electron chi connectivity index (χ2n) is 5.71. The van der Waals surface area contributed by atoms with Crippen LogP contribution in [0.3, 0.4) is 0 Å². The molecule has 1 aromatic rings. The quantitative estimate of drug-likeness (QED) is 0.887. The zero-order chi connectivity index (χ0) is 13.8. The maximum Gasteiger partial charge on any atom is 0.251 e. The summed E-state index contributed by atoms with van der Waals surface area (Å²) in [5, 5.41) is 6.53. The number of amides is 1. The molecule has 1 aliphatic heterocycles.